The van der Waals surface area contributed by atoms with Gasteiger partial charge in [-0.1, -0.05) is 33.4 Å². The van der Waals surface area contributed by atoms with Gasteiger partial charge in [-0.3, -0.25) is 0 Å². The summed E-state index contributed by atoms with van der Waals surface area (Å²) in [5.41, 5.74) is 2.84. The largest absolute Gasteiger partial charge is 0.460 e. The molecule has 3 aromatic rings. The first-order valence-electron chi connectivity index (χ1n) is 9.15. The van der Waals surface area contributed by atoms with E-state index < -0.39 is 6.71 Å². The highest BCUT2D eigenvalue weighted by Gasteiger charge is 2.44. The van der Waals surface area contributed by atoms with Gasteiger partial charge in [-0.25, -0.2) is 0 Å². The third-order valence-electron chi connectivity index (χ3n) is 5.91. The van der Waals surface area contributed by atoms with E-state index >= 15 is 0 Å². The van der Waals surface area contributed by atoms with Crippen molar-refractivity contribution in [3.8, 4) is 23.0 Å². The summed E-state index contributed by atoms with van der Waals surface area (Å²) in [5, 5.41) is 0. The van der Waals surface area contributed by atoms with Crippen molar-refractivity contribution in [2.75, 3.05) is 0 Å². The number of rotatable bonds is 0. The molecule has 20 radical (unpaired) electrons. The Bertz CT molecular complexity index is 1300. The van der Waals surface area contributed by atoms with Crippen molar-refractivity contribution in [2.45, 2.75) is 0 Å². The van der Waals surface area contributed by atoms with Gasteiger partial charge in [0.25, 0.3) is 6.71 Å². The van der Waals surface area contributed by atoms with Crippen LogP contribution in [0, 0.1) is 0 Å². The van der Waals surface area contributed by atoms with Crippen LogP contribution in [0.1, 0.15) is 0 Å². The van der Waals surface area contributed by atoms with Crippen LogP contribution >= 0.6 is 0 Å². The minimum absolute atomic E-state index is 0.0739. The highest BCUT2D eigenvalue weighted by molar-refractivity contribution is 7.03. The summed E-state index contributed by atoms with van der Waals surface area (Å²) in [6.07, 6.45) is 0. The predicted molar refractivity (Wildman–Crippen MR) is 138 cm³/mol. The van der Waals surface area contributed by atoms with E-state index in [0.717, 1.165) is 0 Å². The topological polar surface area (TPSA) is 18.5 Å². The monoisotopic (exact) mass is 370 g/mol. The molecule has 2 aliphatic rings. The van der Waals surface area contributed by atoms with Crippen LogP contribution in [0.5, 0.6) is 23.0 Å². The van der Waals surface area contributed by atoms with E-state index in [0.29, 0.717) is 21.9 Å². The molecular formula is C18HB11O2. The average molecular weight is 368 g/mol. The molecule has 31 heavy (non-hydrogen) atoms. The first kappa shape index (κ1) is 20.9. The standard InChI is InChI=1S/C18HB11O2/c19-2-1-3(20)12-15(4(2)21)30-17-10(27)7(24)11(28)18-14(17)29(12)13-8(25)5(22)6(23)9(26)16(13)31-18/h1H. The zero-order valence-corrected chi connectivity index (χ0v) is 16.2. The molecule has 0 bridgehead atoms. The second-order valence-electron chi connectivity index (χ2n) is 7.56. The predicted octanol–water partition coefficient (Wildman–Crippen LogP) is -9.65. The lowest BCUT2D eigenvalue weighted by Crippen LogP contribution is -2.71. The molecular weight excluding hydrogens is 367 g/mol. The van der Waals surface area contributed by atoms with Crippen molar-refractivity contribution in [1.29, 1.82) is 0 Å². The summed E-state index contributed by atoms with van der Waals surface area (Å²) in [6, 6.07) is 1.53. The minimum atomic E-state index is -0.684. The molecule has 0 unspecified atom stereocenters. The molecule has 0 saturated carbocycles. The molecule has 118 valence electrons. The molecule has 2 nitrogen and oxygen atoms in total. The van der Waals surface area contributed by atoms with Gasteiger partial charge >= 0.3 is 0 Å². The molecule has 0 fully saturated rings. The molecule has 0 spiro atoms. The minimum Gasteiger partial charge on any atom is -0.460 e. The highest BCUT2D eigenvalue weighted by Crippen LogP contribution is 2.28. The van der Waals surface area contributed by atoms with Gasteiger partial charge < -0.3 is 9.47 Å². The normalized spacial score (nSPS) is 13.0. The Morgan fingerprint density at radius 3 is 1.39 bits per heavy atom. The molecule has 2 aliphatic heterocycles. The van der Waals surface area contributed by atoms with Crippen LogP contribution in [0.25, 0.3) is 0 Å². The average Bonchev–Trinajstić information content (AvgIpc) is 2.75. The third kappa shape index (κ3) is 2.55. The number of hydrogen-bond donors (Lipinski definition) is 0. The van der Waals surface area contributed by atoms with Crippen molar-refractivity contribution < 1.29 is 9.47 Å². The lowest BCUT2D eigenvalue weighted by atomic mass is 9.30. The lowest BCUT2D eigenvalue weighted by molar-refractivity contribution is 0.474. The Morgan fingerprint density at radius 2 is 0.839 bits per heavy atom. The number of ether oxygens (including phenoxy) is 2. The van der Waals surface area contributed by atoms with Crippen LogP contribution in [-0.2, 0) is 0 Å². The maximum Gasteiger partial charge on any atom is 0.258 e. The van der Waals surface area contributed by atoms with E-state index in [1.807, 2.05) is 0 Å². The Hall–Kier alpha value is -2.03. The summed E-state index contributed by atoms with van der Waals surface area (Å²) < 4.78 is 12.1. The number of hydrogen-bond acceptors (Lipinski definition) is 2. The van der Waals surface area contributed by atoms with E-state index in [9.17, 15) is 0 Å². The zero-order chi connectivity index (χ0) is 22.5. The molecule has 0 aliphatic carbocycles. The van der Waals surface area contributed by atoms with Crippen LogP contribution in [-0.4, -0.2) is 85.2 Å². The SMILES string of the molecule is [B]c1cc([B])c2c(c1[B])Oc1c([B])c([B])c([B])c3c1B2c1c([B])c([B])c([B])c([B])c1O3. The van der Waals surface area contributed by atoms with E-state index in [1.165, 1.54) is 6.07 Å². The summed E-state index contributed by atoms with van der Waals surface area (Å²) >= 11 is 0. The summed E-state index contributed by atoms with van der Waals surface area (Å²) in [7, 11) is 62.0. The van der Waals surface area contributed by atoms with Crippen molar-refractivity contribution in [3.63, 3.8) is 0 Å². The van der Waals surface area contributed by atoms with Crippen molar-refractivity contribution in [3.05, 3.63) is 6.07 Å². The Morgan fingerprint density at radius 1 is 0.419 bits per heavy atom. The molecule has 0 N–H and O–H groups in total. The Kier molecular flexibility index (Phi) is 4.53. The molecule has 3 aromatic carbocycles. The zero-order valence-electron chi connectivity index (χ0n) is 16.2. The fourth-order valence-corrected chi connectivity index (χ4v) is 4.26. The molecule has 5 rings (SSSR count). The molecule has 13 heteroatoms. The van der Waals surface area contributed by atoms with E-state index in [-0.39, 0.29) is 72.2 Å². The first-order valence-corrected chi connectivity index (χ1v) is 9.15. The summed E-state index contributed by atoms with van der Waals surface area (Å²) in [5.74, 6) is 0.814. The second-order valence-corrected chi connectivity index (χ2v) is 7.56. The van der Waals surface area contributed by atoms with Gasteiger partial charge in [-0.15, -0.1) is 27.3 Å². The van der Waals surface area contributed by atoms with Gasteiger partial charge in [0.15, 0.2) is 0 Å². The van der Waals surface area contributed by atoms with Crippen molar-refractivity contribution >= 4 is 156 Å². The number of benzene rings is 3. The Balaban J connectivity index is 2.01. The fourth-order valence-electron chi connectivity index (χ4n) is 4.26. The van der Waals surface area contributed by atoms with Crippen molar-refractivity contribution in [1.82, 2.24) is 0 Å². The van der Waals surface area contributed by atoms with Crippen LogP contribution in [0.15, 0.2) is 6.07 Å². The van der Waals surface area contributed by atoms with Gasteiger partial charge in [0.1, 0.15) is 101 Å². The quantitative estimate of drug-likeness (QED) is 0.253. The van der Waals surface area contributed by atoms with E-state index in [4.69, 9.17) is 87.9 Å². The second kappa shape index (κ2) is 6.74. The fraction of sp³-hybridized carbons (Fsp3) is 0. The lowest BCUT2D eigenvalue weighted by Gasteiger charge is -2.40. The van der Waals surface area contributed by atoms with E-state index in [1.54, 1.807) is 0 Å². The Labute approximate surface area is 194 Å². The van der Waals surface area contributed by atoms with Gasteiger partial charge in [0.05, 0.1) is 0 Å². The van der Waals surface area contributed by atoms with Crippen LogP contribution in [0.2, 0.25) is 0 Å². The van der Waals surface area contributed by atoms with Gasteiger partial charge in [0, 0.05) is 5.46 Å². The molecule has 0 amide bonds. The van der Waals surface area contributed by atoms with Crippen LogP contribution in [0.4, 0.5) is 0 Å². The van der Waals surface area contributed by atoms with Crippen LogP contribution in [0.3, 0.4) is 0 Å². The smallest absolute Gasteiger partial charge is 0.258 e. The van der Waals surface area contributed by atoms with E-state index in [2.05, 4.69) is 0 Å². The maximum atomic E-state index is 6.39. The summed E-state index contributed by atoms with van der Waals surface area (Å²) in [4.78, 5) is 0. The molecule has 2 heterocycles. The summed E-state index contributed by atoms with van der Waals surface area (Å²) in [6.45, 7) is -0.684. The van der Waals surface area contributed by atoms with Crippen LogP contribution < -0.4 is 80.5 Å². The highest BCUT2D eigenvalue weighted by atomic mass is 16.5. The van der Waals surface area contributed by atoms with Gasteiger partial charge in [0.2, 0.25) is 0 Å². The van der Waals surface area contributed by atoms with Gasteiger partial charge in [-0.05, 0) is 10.9 Å². The van der Waals surface area contributed by atoms with Gasteiger partial charge in [-0.2, -0.15) is 0 Å². The molecule has 0 atom stereocenters. The first-order chi connectivity index (χ1) is 14.6. The third-order valence-corrected chi connectivity index (χ3v) is 5.91. The number of fused-ring (bicyclic) bond motifs is 4. The molecule has 0 saturated heterocycles. The van der Waals surface area contributed by atoms with Crippen molar-refractivity contribution in [2.24, 2.45) is 0 Å². The molecule has 0 aromatic heterocycles. The maximum absolute atomic E-state index is 6.39.